The molecule has 0 spiro atoms. The predicted octanol–water partition coefficient (Wildman–Crippen LogP) is 1.59. The lowest BCUT2D eigenvalue weighted by molar-refractivity contribution is 0.0955. The number of carbonyl (C=O) groups excluding carboxylic acids is 2. The van der Waals surface area contributed by atoms with E-state index in [-0.39, 0.29) is 22.5 Å². The van der Waals surface area contributed by atoms with Gasteiger partial charge < -0.3 is 20.7 Å². The first-order valence-electron chi connectivity index (χ1n) is 8.43. The zero-order chi connectivity index (χ0) is 20.3. The molecule has 4 N–H and O–H groups in total. The Bertz CT molecular complexity index is 1040. The van der Waals surface area contributed by atoms with E-state index in [0.29, 0.717) is 24.4 Å². The van der Waals surface area contributed by atoms with E-state index in [9.17, 15) is 19.6 Å². The van der Waals surface area contributed by atoms with Gasteiger partial charge in [-0.25, -0.2) is 4.98 Å². The van der Waals surface area contributed by atoms with Crippen LogP contribution in [-0.2, 0) is 0 Å². The minimum Gasteiger partial charge on any atom is -0.423 e. The van der Waals surface area contributed by atoms with Crippen LogP contribution in [0.4, 0.5) is 5.13 Å². The van der Waals surface area contributed by atoms with Crippen LogP contribution in [0, 0.1) is 6.92 Å². The first-order valence-corrected chi connectivity index (χ1v) is 9.63. The third kappa shape index (κ3) is 4.33. The number of nitrogens with one attached hydrogen (secondary N) is 2. The summed E-state index contributed by atoms with van der Waals surface area (Å²) in [5.74, 6) is -0.365. The summed E-state index contributed by atoms with van der Waals surface area (Å²) >= 11 is 7.62. The van der Waals surface area contributed by atoms with Crippen molar-refractivity contribution in [2.24, 2.45) is 0 Å². The highest BCUT2D eigenvalue weighted by Crippen LogP contribution is 2.31. The number of benzene rings is 2. The molecule has 0 aliphatic rings. The summed E-state index contributed by atoms with van der Waals surface area (Å²) in [6.45, 7) is 2.73. The Morgan fingerprint density at radius 2 is 2.07 bits per heavy atom. The molecule has 2 aromatic carbocycles. The van der Waals surface area contributed by atoms with Gasteiger partial charge in [0.1, 0.15) is 6.29 Å². The number of halogens is 1. The normalized spacial score (nSPS) is 10.7. The van der Waals surface area contributed by atoms with E-state index >= 15 is 0 Å². The number of hydrogen-bond acceptors (Lipinski definition) is 7. The molecule has 0 saturated heterocycles. The maximum Gasteiger partial charge on any atom is 0.489 e. The molecular formula is C18H17BClN3O4S. The van der Waals surface area contributed by atoms with E-state index in [4.69, 9.17) is 11.6 Å². The average Bonchev–Trinajstić information content (AvgIpc) is 3.11. The summed E-state index contributed by atoms with van der Waals surface area (Å²) in [7, 11) is -1.77. The standard InChI is InChI=1S/C18H17BClN3O4S/c1-10-14(20)4-5-15-16(10)23-18(28-15)22-7-6-21-17(25)11-2-3-13(19(26)27)12(8-11)9-24/h2-5,8-9,26-27H,6-7H2,1H3,(H,21,25)(H,22,23). The minimum atomic E-state index is -1.77. The van der Waals surface area contributed by atoms with Crippen LogP contribution in [0.3, 0.4) is 0 Å². The second-order valence-electron chi connectivity index (χ2n) is 6.06. The van der Waals surface area contributed by atoms with Gasteiger partial charge in [-0.15, -0.1) is 0 Å². The zero-order valence-electron chi connectivity index (χ0n) is 14.9. The van der Waals surface area contributed by atoms with Crippen molar-refractivity contribution in [2.45, 2.75) is 6.92 Å². The molecule has 3 aromatic rings. The van der Waals surface area contributed by atoms with Crippen LogP contribution in [-0.4, -0.2) is 47.4 Å². The average molecular weight is 418 g/mol. The van der Waals surface area contributed by atoms with Crippen LogP contribution >= 0.6 is 22.9 Å². The molecule has 0 aliphatic heterocycles. The topological polar surface area (TPSA) is 112 Å². The molecule has 1 amide bonds. The van der Waals surface area contributed by atoms with Crippen molar-refractivity contribution >= 4 is 63.1 Å². The maximum absolute atomic E-state index is 12.2. The number of thiazole rings is 1. The first kappa shape index (κ1) is 20.3. The van der Waals surface area contributed by atoms with Crippen molar-refractivity contribution in [3.63, 3.8) is 0 Å². The van der Waals surface area contributed by atoms with E-state index in [1.54, 1.807) is 0 Å². The van der Waals surface area contributed by atoms with Crippen molar-refractivity contribution in [3.8, 4) is 0 Å². The molecule has 144 valence electrons. The van der Waals surface area contributed by atoms with Gasteiger partial charge in [0, 0.05) is 29.2 Å². The first-order chi connectivity index (χ1) is 13.4. The molecule has 7 nitrogen and oxygen atoms in total. The monoisotopic (exact) mass is 417 g/mol. The van der Waals surface area contributed by atoms with Crippen molar-refractivity contribution < 1.29 is 19.6 Å². The number of aromatic nitrogens is 1. The third-order valence-electron chi connectivity index (χ3n) is 4.19. The molecular weight excluding hydrogens is 401 g/mol. The second-order valence-corrected chi connectivity index (χ2v) is 7.49. The lowest BCUT2D eigenvalue weighted by Gasteiger charge is -2.08. The summed E-state index contributed by atoms with van der Waals surface area (Å²) in [5, 5.41) is 25.7. The minimum absolute atomic E-state index is 0.0550. The van der Waals surface area contributed by atoms with Crippen molar-refractivity contribution in [2.75, 3.05) is 18.4 Å². The van der Waals surface area contributed by atoms with Crippen LogP contribution in [0.1, 0.15) is 26.3 Å². The van der Waals surface area contributed by atoms with E-state index in [0.717, 1.165) is 20.9 Å². The third-order valence-corrected chi connectivity index (χ3v) is 5.58. The Balaban J connectivity index is 1.57. The van der Waals surface area contributed by atoms with Gasteiger partial charge >= 0.3 is 7.12 Å². The Hall–Kier alpha value is -2.46. The highest BCUT2D eigenvalue weighted by atomic mass is 35.5. The molecule has 0 fully saturated rings. The van der Waals surface area contributed by atoms with E-state index < -0.39 is 7.12 Å². The fourth-order valence-corrected chi connectivity index (χ4v) is 3.78. The molecule has 0 radical (unpaired) electrons. The Morgan fingerprint density at radius 1 is 1.29 bits per heavy atom. The summed E-state index contributed by atoms with van der Waals surface area (Å²) in [6.07, 6.45) is 0.481. The molecule has 0 aliphatic carbocycles. The Labute approximate surface area is 170 Å². The molecule has 28 heavy (non-hydrogen) atoms. The Morgan fingerprint density at radius 3 is 2.79 bits per heavy atom. The van der Waals surface area contributed by atoms with Crippen molar-refractivity contribution in [1.82, 2.24) is 10.3 Å². The molecule has 0 saturated carbocycles. The van der Waals surface area contributed by atoms with Gasteiger partial charge in [-0.2, -0.15) is 0 Å². The fourth-order valence-electron chi connectivity index (χ4n) is 2.68. The lowest BCUT2D eigenvalue weighted by atomic mass is 9.77. The van der Waals surface area contributed by atoms with Crippen LogP contribution in [0.15, 0.2) is 30.3 Å². The number of nitrogens with zero attached hydrogens (tertiary/aromatic N) is 1. The second kappa shape index (κ2) is 8.70. The maximum atomic E-state index is 12.2. The number of amides is 1. The van der Waals surface area contributed by atoms with Gasteiger partial charge in [-0.3, -0.25) is 9.59 Å². The van der Waals surface area contributed by atoms with Gasteiger partial charge in [0.25, 0.3) is 5.91 Å². The van der Waals surface area contributed by atoms with E-state index in [2.05, 4.69) is 15.6 Å². The Kier molecular flexibility index (Phi) is 6.30. The van der Waals surface area contributed by atoms with Crippen LogP contribution in [0.25, 0.3) is 10.2 Å². The van der Waals surface area contributed by atoms with E-state index in [1.807, 2.05) is 19.1 Å². The summed E-state index contributed by atoms with van der Waals surface area (Å²) < 4.78 is 1.03. The molecule has 10 heteroatoms. The molecule has 0 unspecified atom stereocenters. The number of rotatable bonds is 7. The zero-order valence-corrected chi connectivity index (χ0v) is 16.5. The summed E-state index contributed by atoms with van der Waals surface area (Å²) in [4.78, 5) is 27.8. The van der Waals surface area contributed by atoms with Crippen LogP contribution in [0.5, 0.6) is 0 Å². The predicted molar refractivity (Wildman–Crippen MR) is 112 cm³/mol. The van der Waals surface area contributed by atoms with Crippen molar-refractivity contribution in [3.05, 3.63) is 52.0 Å². The van der Waals surface area contributed by atoms with Gasteiger partial charge in [-0.1, -0.05) is 29.0 Å². The quantitative estimate of drug-likeness (QED) is 0.264. The van der Waals surface area contributed by atoms with Crippen LogP contribution in [0.2, 0.25) is 5.02 Å². The molecule has 1 heterocycles. The van der Waals surface area contributed by atoms with Gasteiger partial charge in [0.05, 0.1) is 10.2 Å². The van der Waals surface area contributed by atoms with Gasteiger partial charge in [0.2, 0.25) is 0 Å². The molecule has 3 rings (SSSR count). The van der Waals surface area contributed by atoms with Gasteiger partial charge in [0.15, 0.2) is 5.13 Å². The number of anilines is 1. The largest absolute Gasteiger partial charge is 0.489 e. The summed E-state index contributed by atoms with van der Waals surface area (Å²) in [5.41, 5.74) is 2.16. The number of carbonyl (C=O) groups is 2. The van der Waals surface area contributed by atoms with Gasteiger partial charge in [-0.05, 0) is 42.2 Å². The highest BCUT2D eigenvalue weighted by molar-refractivity contribution is 7.22. The molecule has 1 aromatic heterocycles. The summed E-state index contributed by atoms with van der Waals surface area (Å²) in [6, 6.07) is 7.87. The fraction of sp³-hybridized carbons (Fsp3) is 0.167. The number of aldehydes is 1. The smallest absolute Gasteiger partial charge is 0.423 e. The SMILES string of the molecule is Cc1c(Cl)ccc2sc(NCCNC(=O)c3ccc(B(O)O)c(C=O)c3)nc12. The molecule has 0 bridgehead atoms. The highest BCUT2D eigenvalue weighted by Gasteiger charge is 2.17. The molecule has 0 atom stereocenters. The lowest BCUT2D eigenvalue weighted by Crippen LogP contribution is -2.34. The number of fused-ring (bicyclic) bond motifs is 1. The van der Waals surface area contributed by atoms with Crippen molar-refractivity contribution in [1.29, 1.82) is 0 Å². The van der Waals surface area contributed by atoms with Crippen LogP contribution < -0.4 is 16.1 Å². The number of aryl methyl sites for hydroxylation is 1. The van der Waals surface area contributed by atoms with E-state index in [1.165, 1.54) is 29.5 Å². The number of hydrogen-bond donors (Lipinski definition) is 4.